The molecule has 88 valence electrons. The Hall–Kier alpha value is -0.380. The molecule has 0 heterocycles. The van der Waals surface area contributed by atoms with Crippen molar-refractivity contribution in [1.29, 1.82) is 0 Å². The molecule has 1 aromatic carbocycles. The van der Waals surface area contributed by atoms with E-state index in [1.807, 2.05) is 12.1 Å². The van der Waals surface area contributed by atoms with Crippen LogP contribution < -0.4 is 5.32 Å². The number of hydrogen-bond acceptors (Lipinski definition) is 2. The summed E-state index contributed by atoms with van der Waals surface area (Å²) in [5.74, 6) is 0.708. The Morgan fingerprint density at radius 3 is 2.94 bits per heavy atom. The van der Waals surface area contributed by atoms with E-state index in [4.69, 9.17) is 11.6 Å². The molecule has 1 aromatic rings. The van der Waals surface area contributed by atoms with E-state index in [0.717, 1.165) is 23.9 Å². The summed E-state index contributed by atoms with van der Waals surface area (Å²) in [4.78, 5) is 0.832. The highest BCUT2D eigenvalue weighted by Crippen LogP contribution is 2.18. The van der Waals surface area contributed by atoms with Crippen molar-refractivity contribution in [2.75, 3.05) is 12.3 Å². The van der Waals surface area contributed by atoms with Gasteiger partial charge in [0.2, 0.25) is 0 Å². The van der Waals surface area contributed by atoms with Gasteiger partial charge in [-0.1, -0.05) is 17.7 Å². The van der Waals surface area contributed by atoms with Crippen LogP contribution in [0.3, 0.4) is 0 Å². The smallest absolute Gasteiger partial charge is 0.0530 e. The Kier molecular flexibility index (Phi) is 4.38. The molecule has 4 heteroatoms. The predicted molar refractivity (Wildman–Crippen MR) is 68.4 cm³/mol. The Labute approximate surface area is 104 Å². The van der Waals surface area contributed by atoms with E-state index in [9.17, 15) is 4.21 Å². The average molecular weight is 258 g/mol. The van der Waals surface area contributed by atoms with Crippen LogP contribution in [0.2, 0.25) is 5.02 Å². The van der Waals surface area contributed by atoms with Gasteiger partial charge in [0, 0.05) is 21.7 Å². The van der Waals surface area contributed by atoms with Crippen molar-refractivity contribution >= 4 is 22.4 Å². The highest BCUT2D eigenvalue weighted by atomic mass is 35.5. The minimum atomic E-state index is -0.912. The Bertz CT molecular complexity index is 379. The molecule has 0 aromatic heterocycles. The first kappa shape index (κ1) is 12.1. The molecule has 1 aliphatic rings. The Morgan fingerprint density at radius 2 is 2.25 bits per heavy atom. The largest absolute Gasteiger partial charge is 0.314 e. The molecule has 0 spiro atoms. The van der Waals surface area contributed by atoms with E-state index < -0.39 is 10.8 Å². The predicted octanol–water partition coefficient (Wildman–Crippen LogP) is 2.59. The molecule has 1 fully saturated rings. The quantitative estimate of drug-likeness (QED) is 0.794. The van der Waals surface area contributed by atoms with E-state index in [1.165, 1.54) is 12.8 Å². The zero-order valence-electron chi connectivity index (χ0n) is 9.12. The van der Waals surface area contributed by atoms with Crippen LogP contribution in [0.5, 0.6) is 0 Å². The molecule has 1 aliphatic carbocycles. The topological polar surface area (TPSA) is 29.1 Å². The Morgan fingerprint density at radius 1 is 1.44 bits per heavy atom. The highest BCUT2D eigenvalue weighted by molar-refractivity contribution is 7.85. The van der Waals surface area contributed by atoms with E-state index in [0.29, 0.717) is 10.8 Å². The lowest BCUT2D eigenvalue weighted by Gasteiger charge is -2.04. The van der Waals surface area contributed by atoms with Crippen LogP contribution in [-0.2, 0) is 10.8 Å². The maximum Gasteiger partial charge on any atom is 0.0530 e. The molecular formula is C12H16ClNOS. The van der Waals surface area contributed by atoms with Gasteiger partial charge in [-0.2, -0.15) is 0 Å². The van der Waals surface area contributed by atoms with Gasteiger partial charge in [-0.05, 0) is 44.0 Å². The monoisotopic (exact) mass is 257 g/mol. The van der Waals surface area contributed by atoms with Crippen LogP contribution in [0, 0.1) is 0 Å². The summed E-state index contributed by atoms with van der Waals surface area (Å²) in [5.41, 5.74) is 0. The second-order valence-corrected chi connectivity index (χ2v) is 6.10. The first-order chi connectivity index (χ1) is 7.75. The lowest BCUT2D eigenvalue weighted by molar-refractivity contribution is 0.657. The fraction of sp³-hybridized carbons (Fsp3) is 0.500. The SMILES string of the molecule is O=S(CCCNC1CC1)c1cccc(Cl)c1. The molecule has 2 nitrogen and oxygen atoms in total. The third-order valence-electron chi connectivity index (χ3n) is 2.58. The normalized spacial score (nSPS) is 17.3. The molecule has 0 amide bonds. The van der Waals surface area contributed by atoms with E-state index in [2.05, 4.69) is 5.32 Å². The van der Waals surface area contributed by atoms with Crippen LogP contribution in [0.1, 0.15) is 19.3 Å². The molecule has 0 bridgehead atoms. The van der Waals surface area contributed by atoms with Crippen molar-refractivity contribution in [2.45, 2.75) is 30.2 Å². The van der Waals surface area contributed by atoms with E-state index in [1.54, 1.807) is 12.1 Å². The lowest BCUT2D eigenvalue weighted by Crippen LogP contribution is -2.19. The first-order valence-corrected chi connectivity index (χ1v) is 7.33. The zero-order valence-corrected chi connectivity index (χ0v) is 10.7. The van der Waals surface area contributed by atoms with Crippen LogP contribution in [0.4, 0.5) is 0 Å². The Balaban J connectivity index is 1.73. The van der Waals surface area contributed by atoms with Gasteiger partial charge in [0.1, 0.15) is 0 Å². The van der Waals surface area contributed by atoms with Gasteiger partial charge in [-0.15, -0.1) is 0 Å². The number of hydrogen-bond donors (Lipinski definition) is 1. The summed E-state index contributed by atoms with van der Waals surface area (Å²) in [5, 5.41) is 4.07. The summed E-state index contributed by atoms with van der Waals surface area (Å²) in [6.45, 7) is 0.969. The fourth-order valence-corrected chi connectivity index (χ4v) is 2.91. The average Bonchev–Trinajstić information content (AvgIpc) is 3.08. The van der Waals surface area contributed by atoms with Gasteiger partial charge in [0.25, 0.3) is 0 Å². The minimum Gasteiger partial charge on any atom is -0.314 e. The standard InChI is InChI=1S/C12H16ClNOS/c13-10-3-1-4-12(9-10)16(15)8-2-7-14-11-5-6-11/h1,3-4,9,11,14H,2,5-8H2. The minimum absolute atomic E-state index is 0.655. The van der Waals surface area contributed by atoms with Gasteiger partial charge in [-0.25, -0.2) is 0 Å². The summed E-state index contributed by atoms with van der Waals surface area (Å²) < 4.78 is 11.9. The van der Waals surface area contributed by atoms with Crippen molar-refractivity contribution in [3.05, 3.63) is 29.3 Å². The molecule has 2 rings (SSSR count). The van der Waals surface area contributed by atoms with Crippen LogP contribution in [0.15, 0.2) is 29.2 Å². The summed E-state index contributed by atoms with van der Waals surface area (Å²) in [6, 6.07) is 8.04. The van der Waals surface area contributed by atoms with Gasteiger partial charge in [0.05, 0.1) is 10.8 Å². The van der Waals surface area contributed by atoms with Gasteiger partial charge >= 0.3 is 0 Å². The van der Waals surface area contributed by atoms with Crippen molar-refractivity contribution < 1.29 is 4.21 Å². The number of rotatable bonds is 6. The third-order valence-corrected chi connectivity index (χ3v) is 4.25. The molecule has 0 aliphatic heterocycles. The molecule has 1 unspecified atom stereocenters. The summed E-state index contributed by atoms with van der Waals surface area (Å²) in [6.07, 6.45) is 3.56. The molecule has 16 heavy (non-hydrogen) atoms. The van der Waals surface area contributed by atoms with Crippen molar-refractivity contribution in [1.82, 2.24) is 5.32 Å². The van der Waals surface area contributed by atoms with Gasteiger partial charge in [-0.3, -0.25) is 4.21 Å². The second kappa shape index (κ2) is 5.80. The molecule has 1 N–H and O–H groups in total. The van der Waals surface area contributed by atoms with Crippen molar-refractivity contribution in [2.24, 2.45) is 0 Å². The van der Waals surface area contributed by atoms with Crippen molar-refractivity contribution in [3.8, 4) is 0 Å². The first-order valence-electron chi connectivity index (χ1n) is 5.63. The molecule has 1 saturated carbocycles. The summed E-state index contributed by atoms with van der Waals surface area (Å²) in [7, 11) is -0.912. The fourth-order valence-electron chi connectivity index (χ4n) is 1.52. The number of nitrogens with one attached hydrogen (secondary N) is 1. The van der Waals surface area contributed by atoms with Gasteiger partial charge in [0.15, 0.2) is 0 Å². The lowest BCUT2D eigenvalue weighted by atomic mass is 10.4. The third kappa shape index (κ3) is 3.89. The molecule has 0 saturated heterocycles. The maximum absolute atomic E-state index is 11.9. The molecular weight excluding hydrogens is 242 g/mol. The van der Waals surface area contributed by atoms with Crippen LogP contribution >= 0.6 is 11.6 Å². The molecule has 0 radical (unpaired) electrons. The van der Waals surface area contributed by atoms with Crippen LogP contribution in [-0.4, -0.2) is 22.5 Å². The maximum atomic E-state index is 11.9. The number of halogens is 1. The molecule has 1 atom stereocenters. The van der Waals surface area contributed by atoms with Gasteiger partial charge < -0.3 is 5.32 Å². The number of benzene rings is 1. The zero-order chi connectivity index (χ0) is 11.4. The summed E-state index contributed by atoms with van der Waals surface area (Å²) >= 11 is 5.85. The van der Waals surface area contributed by atoms with E-state index >= 15 is 0 Å². The van der Waals surface area contributed by atoms with Crippen LogP contribution in [0.25, 0.3) is 0 Å². The second-order valence-electron chi connectivity index (χ2n) is 4.09. The highest BCUT2D eigenvalue weighted by Gasteiger charge is 2.19. The van der Waals surface area contributed by atoms with Crippen molar-refractivity contribution in [3.63, 3.8) is 0 Å². The van der Waals surface area contributed by atoms with E-state index in [-0.39, 0.29) is 0 Å².